The lowest BCUT2D eigenvalue weighted by Gasteiger charge is -2.33. The summed E-state index contributed by atoms with van der Waals surface area (Å²) in [5, 5.41) is 2.55. The molecular weight excluding hydrogens is 699 g/mol. The zero-order valence-electron chi connectivity index (χ0n) is 31.9. The zero-order valence-corrected chi connectivity index (χ0v) is 31.9. The summed E-state index contributed by atoms with van der Waals surface area (Å²) in [5.41, 5.74) is 23.7. The second-order valence-corrected chi connectivity index (χ2v) is 16.3. The average molecular weight is 736 g/mol. The highest BCUT2D eigenvalue weighted by Crippen LogP contribution is 2.65. The topological polar surface area (TPSA) is 4.93 Å². The number of benzene rings is 9. The van der Waals surface area contributed by atoms with Gasteiger partial charge in [-0.2, -0.15) is 0 Å². The average Bonchev–Trinajstić information content (AvgIpc) is 3.91. The first-order valence-corrected chi connectivity index (χ1v) is 20.5. The van der Waals surface area contributed by atoms with E-state index < -0.39 is 0 Å². The third kappa shape index (κ3) is 4.15. The van der Waals surface area contributed by atoms with Gasteiger partial charge >= 0.3 is 0 Å². The zero-order chi connectivity index (χ0) is 38.0. The maximum absolute atomic E-state index is 2.49. The largest absolute Gasteiger partial charge is 0.309 e. The molecule has 10 aromatic rings. The van der Waals surface area contributed by atoms with Crippen LogP contribution in [0, 0.1) is 0 Å². The van der Waals surface area contributed by atoms with Gasteiger partial charge in [0.2, 0.25) is 0 Å². The SMILES string of the molecule is c1ccc(C2Cc3ccc(-c4ccc5c(c4)c4ccccc4n5-c4ccccc4)cc3-c3ccc4c(c32)-c2ccccc2C42c3ccccc3-c3ccccc32)cc1. The molecule has 9 aromatic carbocycles. The summed E-state index contributed by atoms with van der Waals surface area (Å²) in [6.07, 6.45) is 0.953. The number of rotatable bonds is 3. The van der Waals surface area contributed by atoms with Gasteiger partial charge in [-0.1, -0.05) is 170 Å². The van der Waals surface area contributed by atoms with E-state index in [1.54, 1.807) is 0 Å². The predicted molar refractivity (Wildman–Crippen MR) is 240 cm³/mol. The summed E-state index contributed by atoms with van der Waals surface area (Å²) in [6, 6.07) is 77.6. The second kappa shape index (κ2) is 11.9. The molecule has 1 unspecified atom stereocenters. The summed E-state index contributed by atoms with van der Waals surface area (Å²) >= 11 is 0. The Labute approximate surface area is 338 Å². The van der Waals surface area contributed by atoms with Gasteiger partial charge in [0.05, 0.1) is 16.4 Å². The number of aromatic nitrogens is 1. The van der Waals surface area contributed by atoms with E-state index in [0.717, 1.165) is 6.42 Å². The molecule has 1 spiro atoms. The van der Waals surface area contributed by atoms with Crippen LogP contribution in [0.25, 0.3) is 72.0 Å². The molecule has 0 amide bonds. The van der Waals surface area contributed by atoms with Gasteiger partial charge in [0.1, 0.15) is 0 Å². The Balaban J connectivity index is 1.05. The molecule has 58 heavy (non-hydrogen) atoms. The van der Waals surface area contributed by atoms with Crippen LogP contribution in [0.15, 0.2) is 206 Å². The van der Waals surface area contributed by atoms with Crippen LogP contribution in [-0.2, 0) is 11.8 Å². The van der Waals surface area contributed by atoms with E-state index in [0.29, 0.717) is 0 Å². The molecule has 1 atom stereocenters. The fourth-order valence-corrected chi connectivity index (χ4v) is 11.3. The minimum atomic E-state index is -0.369. The Morgan fingerprint density at radius 3 is 1.74 bits per heavy atom. The number of fused-ring (bicyclic) bond motifs is 17. The van der Waals surface area contributed by atoms with Crippen molar-refractivity contribution in [2.24, 2.45) is 0 Å². The number of hydrogen-bond donors (Lipinski definition) is 0. The molecule has 3 aliphatic rings. The van der Waals surface area contributed by atoms with Crippen molar-refractivity contribution < 1.29 is 0 Å². The first-order chi connectivity index (χ1) is 28.8. The van der Waals surface area contributed by atoms with E-state index in [2.05, 4.69) is 211 Å². The highest BCUT2D eigenvalue weighted by Gasteiger charge is 2.52. The highest BCUT2D eigenvalue weighted by molar-refractivity contribution is 6.10. The molecule has 0 saturated heterocycles. The maximum atomic E-state index is 2.49. The second-order valence-electron chi connectivity index (χ2n) is 16.3. The molecule has 3 aliphatic carbocycles. The van der Waals surface area contributed by atoms with E-state index in [1.165, 1.54) is 111 Å². The van der Waals surface area contributed by atoms with E-state index in [1.807, 2.05) is 0 Å². The molecule has 0 saturated carbocycles. The van der Waals surface area contributed by atoms with Gasteiger partial charge in [0.25, 0.3) is 0 Å². The monoisotopic (exact) mass is 735 g/mol. The van der Waals surface area contributed by atoms with Crippen molar-refractivity contribution in [1.82, 2.24) is 4.57 Å². The van der Waals surface area contributed by atoms with Crippen molar-refractivity contribution in [1.29, 1.82) is 0 Å². The van der Waals surface area contributed by atoms with Gasteiger partial charge in [-0.25, -0.2) is 0 Å². The van der Waals surface area contributed by atoms with Crippen molar-refractivity contribution in [3.8, 4) is 50.2 Å². The Hall–Kier alpha value is -7.22. The summed E-state index contributed by atoms with van der Waals surface area (Å²) in [5.74, 6) is 0.222. The summed E-state index contributed by atoms with van der Waals surface area (Å²) in [6.45, 7) is 0. The molecule has 0 radical (unpaired) electrons. The van der Waals surface area contributed by atoms with Crippen LogP contribution >= 0.6 is 0 Å². The van der Waals surface area contributed by atoms with Gasteiger partial charge in [-0.05, 0) is 126 Å². The van der Waals surface area contributed by atoms with Gasteiger partial charge in [-0.3, -0.25) is 0 Å². The third-order valence-corrected chi connectivity index (χ3v) is 13.6. The number of para-hydroxylation sites is 2. The summed E-state index contributed by atoms with van der Waals surface area (Å²) < 4.78 is 2.40. The molecule has 0 fully saturated rings. The molecule has 1 heterocycles. The first-order valence-electron chi connectivity index (χ1n) is 20.5. The predicted octanol–water partition coefficient (Wildman–Crippen LogP) is 14.1. The van der Waals surface area contributed by atoms with Crippen molar-refractivity contribution in [2.75, 3.05) is 0 Å². The smallest absolute Gasteiger partial charge is 0.0725 e. The Morgan fingerprint density at radius 1 is 0.397 bits per heavy atom. The Morgan fingerprint density at radius 2 is 0.983 bits per heavy atom. The fraction of sp³-hybridized carbons (Fsp3) is 0.0526. The van der Waals surface area contributed by atoms with Crippen LogP contribution in [0.5, 0.6) is 0 Å². The Kier molecular flexibility index (Phi) is 6.55. The minimum Gasteiger partial charge on any atom is -0.309 e. The van der Waals surface area contributed by atoms with Crippen molar-refractivity contribution >= 4 is 21.8 Å². The summed E-state index contributed by atoms with van der Waals surface area (Å²) in [7, 11) is 0. The van der Waals surface area contributed by atoms with Crippen LogP contribution in [0.1, 0.15) is 44.9 Å². The number of nitrogens with zero attached hydrogens (tertiary/aromatic N) is 1. The lowest BCUT2D eigenvalue weighted by molar-refractivity contribution is 0.777. The lowest BCUT2D eigenvalue weighted by atomic mass is 9.68. The van der Waals surface area contributed by atoms with E-state index >= 15 is 0 Å². The van der Waals surface area contributed by atoms with Gasteiger partial charge in [0, 0.05) is 22.4 Å². The highest BCUT2D eigenvalue weighted by atomic mass is 15.0. The van der Waals surface area contributed by atoms with E-state index in [4.69, 9.17) is 0 Å². The maximum Gasteiger partial charge on any atom is 0.0725 e. The Bertz CT molecular complexity index is 3270. The van der Waals surface area contributed by atoms with Crippen molar-refractivity contribution in [2.45, 2.75) is 17.8 Å². The van der Waals surface area contributed by atoms with E-state index in [-0.39, 0.29) is 11.3 Å². The molecule has 270 valence electrons. The van der Waals surface area contributed by atoms with Crippen molar-refractivity contribution in [3.63, 3.8) is 0 Å². The quantitative estimate of drug-likeness (QED) is 0.170. The van der Waals surface area contributed by atoms with Crippen LogP contribution in [-0.4, -0.2) is 4.57 Å². The molecule has 1 heteroatoms. The van der Waals surface area contributed by atoms with Gasteiger partial charge in [-0.15, -0.1) is 0 Å². The van der Waals surface area contributed by atoms with Crippen molar-refractivity contribution in [3.05, 3.63) is 245 Å². The molecule has 0 bridgehead atoms. The standard InChI is InChI=1S/C57H37N/c1-3-15-36(16-4-1)47-35-39-28-27-37(38-29-32-54-48(34-38)43-21-10-14-26-53(43)58(54)40-17-5-2-6-18-40)33-46(39)44-30-31-52-56(55(44)47)45-22-9-13-25-51(45)57(52)49-23-11-7-19-41(49)42-20-8-12-24-50(42)57/h1-34,47H,35H2. The minimum absolute atomic E-state index is 0.222. The molecule has 0 aliphatic heterocycles. The molecule has 1 nitrogen and oxygen atoms in total. The van der Waals surface area contributed by atoms with Crippen LogP contribution in [0.3, 0.4) is 0 Å². The van der Waals surface area contributed by atoms with Gasteiger partial charge < -0.3 is 4.57 Å². The van der Waals surface area contributed by atoms with Crippen LogP contribution in [0.2, 0.25) is 0 Å². The molecule has 1 aromatic heterocycles. The normalized spacial score (nSPS) is 15.1. The third-order valence-electron chi connectivity index (χ3n) is 13.6. The lowest BCUT2D eigenvalue weighted by Crippen LogP contribution is -2.26. The molecule has 13 rings (SSSR count). The fourth-order valence-electron chi connectivity index (χ4n) is 11.3. The summed E-state index contributed by atoms with van der Waals surface area (Å²) in [4.78, 5) is 0. The van der Waals surface area contributed by atoms with E-state index in [9.17, 15) is 0 Å². The van der Waals surface area contributed by atoms with Crippen LogP contribution in [0.4, 0.5) is 0 Å². The first kappa shape index (κ1) is 31.9. The number of hydrogen-bond acceptors (Lipinski definition) is 0. The van der Waals surface area contributed by atoms with Gasteiger partial charge in [0.15, 0.2) is 0 Å². The molecular formula is C57H37N. The van der Waals surface area contributed by atoms with Crippen LogP contribution < -0.4 is 0 Å². The molecule has 0 N–H and O–H groups in total.